The van der Waals surface area contributed by atoms with E-state index in [9.17, 15) is 32.3 Å². The summed E-state index contributed by atoms with van der Waals surface area (Å²) in [5.74, 6) is -1.99. The Kier molecular flexibility index (Phi) is 6.36. The Hall–Kier alpha value is -2.69. The number of aromatic nitrogens is 2. The van der Waals surface area contributed by atoms with E-state index in [4.69, 9.17) is 0 Å². The number of piperidine rings is 1. The minimum atomic E-state index is -3.11. The Morgan fingerprint density at radius 2 is 1.90 bits per heavy atom. The van der Waals surface area contributed by atoms with Crippen LogP contribution in [0.2, 0.25) is 0 Å². The number of carbonyl (C=O) groups is 2. The van der Waals surface area contributed by atoms with Crippen LogP contribution in [0.4, 0.5) is 17.6 Å². The van der Waals surface area contributed by atoms with Gasteiger partial charge < -0.3 is 15.3 Å². The fourth-order valence-corrected chi connectivity index (χ4v) is 3.52. The molecular formula is C18H20F4N4O3. The van der Waals surface area contributed by atoms with E-state index in [0.717, 1.165) is 36.4 Å². The number of carboxylic acids is 1. The smallest absolute Gasteiger partial charge is 0.352 e. The number of carbonyl (C=O) groups excluding carboxylic acids is 1. The van der Waals surface area contributed by atoms with Crippen LogP contribution in [0.3, 0.4) is 0 Å². The maximum atomic E-state index is 13.1. The normalized spacial score (nSPS) is 18.2. The van der Waals surface area contributed by atoms with E-state index in [0.29, 0.717) is 10.7 Å². The van der Waals surface area contributed by atoms with Crippen molar-refractivity contribution in [2.24, 2.45) is 5.92 Å². The van der Waals surface area contributed by atoms with Gasteiger partial charge in [0, 0.05) is 6.54 Å². The molecule has 0 saturated carbocycles. The number of allylic oxidation sites excluding steroid dienone is 2. The van der Waals surface area contributed by atoms with Crippen LogP contribution in [0.25, 0.3) is 0 Å². The topological polar surface area (TPSA) is 87.5 Å². The average molecular weight is 416 g/mol. The van der Waals surface area contributed by atoms with Crippen molar-refractivity contribution in [1.29, 1.82) is 0 Å². The fourth-order valence-electron chi connectivity index (χ4n) is 3.52. The summed E-state index contributed by atoms with van der Waals surface area (Å²) in [6, 6.07) is 0.544. The molecule has 0 spiro atoms. The van der Waals surface area contributed by atoms with E-state index < -0.39 is 42.7 Å². The van der Waals surface area contributed by atoms with E-state index in [1.54, 1.807) is 6.08 Å². The summed E-state index contributed by atoms with van der Waals surface area (Å²) in [5, 5.41) is 16.1. The minimum Gasteiger partial charge on any atom is -0.477 e. The summed E-state index contributed by atoms with van der Waals surface area (Å²) in [6.07, 6.45) is -1.34. The first-order valence-corrected chi connectivity index (χ1v) is 9.08. The number of nitrogens with zero attached hydrogens (tertiary/aromatic N) is 3. The first-order chi connectivity index (χ1) is 13.8. The monoisotopic (exact) mass is 416 g/mol. The number of rotatable bonds is 6. The number of carboxylic acid groups (broad SMARTS) is 1. The van der Waals surface area contributed by atoms with Crippen molar-refractivity contribution in [3.8, 4) is 0 Å². The number of hydrogen-bond acceptors (Lipinski definition) is 4. The largest absolute Gasteiger partial charge is 0.477 e. The maximum absolute atomic E-state index is 13.1. The Morgan fingerprint density at radius 1 is 1.21 bits per heavy atom. The minimum absolute atomic E-state index is 0.0385. The number of hydrogen-bond donors (Lipinski definition) is 2. The van der Waals surface area contributed by atoms with Crippen LogP contribution in [0.5, 0.6) is 0 Å². The molecule has 0 radical (unpaired) electrons. The molecule has 3 heterocycles. The van der Waals surface area contributed by atoms with E-state index in [2.05, 4.69) is 10.4 Å². The van der Waals surface area contributed by atoms with Gasteiger partial charge in [-0.25, -0.2) is 22.4 Å². The summed E-state index contributed by atoms with van der Waals surface area (Å²) in [4.78, 5) is 25.2. The third-order valence-corrected chi connectivity index (χ3v) is 5.00. The molecule has 29 heavy (non-hydrogen) atoms. The zero-order chi connectivity index (χ0) is 21.1. The van der Waals surface area contributed by atoms with Crippen LogP contribution in [0.1, 0.15) is 37.1 Å². The average Bonchev–Trinajstić information content (AvgIpc) is 3.12. The van der Waals surface area contributed by atoms with Crippen molar-refractivity contribution in [2.45, 2.75) is 32.2 Å². The van der Waals surface area contributed by atoms with Gasteiger partial charge in [0.2, 0.25) is 5.91 Å². The van der Waals surface area contributed by atoms with Crippen molar-refractivity contribution in [3.05, 3.63) is 40.9 Å². The molecule has 1 aromatic heterocycles. The SMILES string of the molecule is O=C(O)C1=CC(C2CCNCC2)=CCN1C(=O)Cn1nc(C(F)F)cc1C(F)F. The summed E-state index contributed by atoms with van der Waals surface area (Å²) < 4.78 is 52.3. The second-order valence-electron chi connectivity index (χ2n) is 6.82. The second-order valence-corrected chi connectivity index (χ2v) is 6.82. The van der Waals surface area contributed by atoms with Crippen LogP contribution in [-0.2, 0) is 16.1 Å². The number of amides is 1. The molecule has 0 aromatic carbocycles. The first kappa shape index (κ1) is 21.0. The van der Waals surface area contributed by atoms with Gasteiger partial charge in [0.05, 0.1) is 0 Å². The molecule has 2 N–H and O–H groups in total. The first-order valence-electron chi connectivity index (χ1n) is 9.08. The van der Waals surface area contributed by atoms with Gasteiger partial charge in [0.15, 0.2) is 0 Å². The van der Waals surface area contributed by atoms with Gasteiger partial charge in [-0.1, -0.05) is 6.08 Å². The van der Waals surface area contributed by atoms with Crippen LogP contribution in [0.15, 0.2) is 29.5 Å². The highest BCUT2D eigenvalue weighted by atomic mass is 19.3. The molecule has 1 fully saturated rings. The van der Waals surface area contributed by atoms with E-state index in [-0.39, 0.29) is 18.2 Å². The second kappa shape index (κ2) is 8.76. The van der Waals surface area contributed by atoms with Crippen molar-refractivity contribution >= 4 is 11.9 Å². The Bertz CT molecular complexity index is 844. The zero-order valence-corrected chi connectivity index (χ0v) is 15.3. The van der Waals surface area contributed by atoms with Crippen molar-refractivity contribution in [3.63, 3.8) is 0 Å². The molecular weight excluding hydrogens is 396 g/mol. The summed E-state index contributed by atoms with van der Waals surface area (Å²) in [7, 11) is 0. The molecule has 158 valence electrons. The van der Waals surface area contributed by atoms with E-state index in [1.165, 1.54) is 6.08 Å². The third kappa shape index (κ3) is 4.66. The van der Waals surface area contributed by atoms with Crippen molar-refractivity contribution < 1.29 is 32.3 Å². The summed E-state index contributed by atoms with van der Waals surface area (Å²) >= 11 is 0. The quantitative estimate of drug-likeness (QED) is 0.696. The lowest BCUT2D eigenvalue weighted by molar-refractivity contribution is -0.139. The number of aliphatic carboxylic acids is 1. The molecule has 0 unspecified atom stereocenters. The van der Waals surface area contributed by atoms with E-state index in [1.807, 2.05) is 0 Å². The van der Waals surface area contributed by atoms with Gasteiger partial charge in [-0.2, -0.15) is 5.10 Å². The summed E-state index contributed by atoms with van der Waals surface area (Å²) in [5.41, 5.74) is -1.14. The Balaban J connectivity index is 1.80. The Morgan fingerprint density at radius 3 is 2.48 bits per heavy atom. The van der Waals surface area contributed by atoms with Crippen LogP contribution in [0, 0.1) is 5.92 Å². The predicted octanol–water partition coefficient (Wildman–Crippen LogP) is 2.50. The van der Waals surface area contributed by atoms with Gasteiger partial charge in [0.1, 0.15) is 23.6 Å². The molecule has 0 aliphatic carbocycles. The van der Waals surface area contributed by atoms with Crippen LogP contribution >= 0.6 is 0 Å². The highest BCUT2D eigenvalue weighted by Crippen LogP contribution is 2.28. The zero-order valence-electron chi connectivity index (χ0n) is 15.3. The molecule has 0 bridgehead atoms. The predicted molar refractivity (Wildman–Crippen MR) is 93.2 cm³/mol. The lowest BCUT2D eigenvalue weighted by atomic mass is 9.87. The molecule has 2 aliphatic rings. The number of nitrogens with one attached hydrogen (secondary N) is 1. The van der Waals surface area contributed by atoms with Crippen LogP contribution < -0.4 is 5.32 Å². The third-order valence-electron chi connectivity index (χ3n) is 5.00. The highest BCUT2D eigenvalue weighted by molar-refractivity contribution is 5.93. The van der Waals surface area contributed by atoms with E-state index >= 15 is 0 Å². The van der Waals surface area contributed by atoms with Gasteiger partial charge in [-0.15, -0.1) is 0 Å². The molecule has 3 rings (SSSR count). The molecule has 11 heteroatoms. The van der Waals surface area contributed by atoms with Gasteiger partial charge >= 0.3 is 5.97 Å². The van der Waals surface area contributed by atoms with Gasteiger partial charge in [-0.3, -0.25) is 9.48 Å². The van der Waals surface area contributed by atoms with Crippen molar-refractivity contribution in [1.82, 2.24) is 20.0 Å². The maximum Gasteiger partial charge on any atom is 0.352 e. The number of halogens is 4. The lowest BCUT2D eigenvalue weighted by Gasteiger charge is -2.30. The Labute approximate surface area is 163 Å². The molecule has 2 aliphatic heterocycles. The lowest BCUT2D eigenvalue weighted by Crippen LogP contribution is -2.39. The van der Waals surface area contributed by atoms with Gasteiger partial charge in [0.25, 0.3) is 12.9 Å². The van der Waals surface area contributed by atoms with Crippen LogP contribution in [-0.4, -0.2) is 51.3 Å². The molecule has 7 nitrogen and oxygen atoms in total. The molecule has 1 aromatic rings. The van der Waals surface area contributed by atoms with Crippen molar-refractivity contribution in [2.75, 3.05) is 19.6 Å². The standard InChI is InChI=1S/C18H20F4N4O3/c19-16(20)12-8-13(17(21)22)26(24-12)9-15(27)25-6-3-11(7-14(25)18(28)29)10-1-4-23-5-2-10/h3,7-8,10,16-17,23H,1-2,4-6,9H2,(H,28,29). The molecule has 0 atom stereocenters. The molecule has 1 amide bonds. The fraction of sp³-hybridized carbons (Fsp3) is 0.500. The summed E-state index contributed by atoms with van der Waals surface area (Å²) in [6.45, 7) is 0.808. The molecule has 1 saturated heterocycles. The number of alkyl halides is 4. The highest BCUT2D eigenvalue weighted by Gasteiger charge is 2.30. The van der Waals surface area contributed by atoms with Gasteiger partial charge in [-0.05, 0) is 49.6 Å².